The van der Waals surface area contributed by atoms with Crippen molar-refractivity contribution in [1.29, 1.82) is 0 Å². The molecule has 2 rings (SSSR count). The minimum atomic E-state index is -1.24. The predicted molar refractivity (Wildman–Crippen MR) is 62.4 cm³/mol. The zero-order chi connectivity index (χ0) is 14.0. The lowest BCUT2D eigenvalue weighted by atomic mass is 10.2. The summed E-state index contributed by atoms with van der Waals surface area (Å²) in [6, 6.07) is -0.418. The average molecular weight is 264 g/mol. The lowest BCUT2D eigenvalue weighted by Gasteiger charge is -2.12. The van der Waals surface area contributed by atoms with Crippen LogP contribution in [0.15, 0.2) is 12.7 Å². The summed E-state index contributed by atoms with van der Waals surface area (Å²) in [6.07, 6.45) is 2.67. The van der Waals surface area contributed by atoms with Crippen LogP contribution in [0.3, 0.4) is 0 Å². The summed E-state index contributed by atoms with van der Waals surface area (Å²) in [5.74, 6) is -1.27. The number of aromatic nitrogens is 5. The minimum Gasteiger partial charge on any atom is -0.477 e. The monoisotopic (exact) mass is 264 g/mol. The van der Waals surface area contributed by atoms with E-state index in [1.54, 1.807) is 18.5 Å². The highest BCUT2D eigenvalue weighted by Crippen LogP contribution is 2.10. The molecule has 0 aliphatic carbocycles. The molecule has 0 radical (unpaired) electrons. The fourth-order valence-corrected chi connectivity index (χ4v) is 1.64. The van der Waals surface area contributed by atoms with Crippen LogP contribution in [0.25, 0.3) is 0 Å². The number of hydrogen-bond acceptors (Lipinski definition) is 5. The fraction of sp³-hybridized carbons (Fsp3) is 0.300. The summed E-state index contributed by atoms with van der Waals surface area (Å²) in [4.78, 5) is 28.9. The van der Waals surface area contributed by atoms with E-state index in [4.69, 9.17) is 5.11 Å². The van der Waals surface area contributed by atoms with Crippen molar-refractivity contribution in [3.8, 4) is 0 Å². The van der Waals surface area contributed by atoms with E-state index in [9.17, 15) is 9.59 Å². The Bertz CT molecular complexity index is 616. The van der Waals surface area contributed by atoms with Crippen LogP contribution in [0.5, 0.6) is 0 Å². The minimum absolute atomic E-state index is 0.165. The Hall–Kier alpha value is -2.71. The molecule has 0 spiro atoms. The molecule has 0 aromatic carbocycles. The Morgan fingerprint density at radius 2 is 2.26 bits per heavy atom. The molecule has 0 saturated heterocycles. The van der Waals surface area contributed by atoms with E-state index in [1.165, 1.54) is 6.33 Å². The average Bonchev–Trinajstić information content (AvgIpc) is 2.96. The predicted octanol–water partition coefficient (Wildman–Crippen LogP) is -0.273. The summed E-state index contributed by atoms with van der Waals surface area (Å²) < 4.78 is 1.66. The van der Waals surface area contributed by atoms with Gasteiger partial charge in [-0.3, -0.25) is 4.79 Å². The molecule has 1 unspecified atom stereocenters. The summed E-state index contributed by atoms with van der Waals surface area (Å²) in [6.45, 7) is 1.72. The van der Waals surface area contributed by atoms with Crippen LogP contribution in [-0.2, 0) is 7.05 Å². The number of carboxylic acids is 1. The number of rotatable bonds is 4. The van der Waals surface area contributed by atoms with Gasteiger partial charge in [-0.05, 0) is 6.92 Å². The van der Waals surface area contributed by atoms with Gasteiger partial charge < -0.3 is 20.0 Å². The fourth-order valence-electron chi connectivity index (χ4n) is 1.64. The smallest absolute Gasteiger partial charge is 0.354 e. The molecule has 2 aromatic heterocycles. The van der Waals surface area contributed by atoms with Gasteiger partial charge >= 0.3 is 5.97 Å². The number of aryl methyl sites for hydroxylation is 1. The van der Waals surface area contributed by atoms with E-state index in [2.05, 4.69) is 25.5 Å². The topological polar surface area (TPSA) is 126 Å². The number of carbonyl (C=O) groups excluding carboxylic acids is 1. The molecule has 0 bridgehead atoms. The van der Waals surface area contributed by atoms with Crippen molar-refractivity contribution in [2.45, 2.75) is 13.0 Å². The number of imidazole rings is 1. The van der Waals surface area contributed by atoms with Gasteiger partial charge in [0.2, 0.25) is 0 Å². The van der Waals surface area contributed by atoms with E-state index < -0.39 is 17.9 Å². The highest BCUT2D eigenvalue weighted by Gasteiger charge is 2.22. The van der Waals surface area contributed by atoms with Crippen LogP contribution in [0.4, 0.5) is 0 Å². The second kappa shape index (κ2) is 4.88. The Morgan fingerprint density at radius 3 is 2.84 bits per heavy atom. The third kappa shape index (κ3) is 2.44. The number of hydrogen-bond donors (Lipinski definition) is 3. The Balaban J connectivity index is 2.15. The van der Waals surface area contributed by atoms with E-state index in [1.807, 2.05) is 0 Å². The van der Waals surface area contributed by atoms with Crippen LogP contribution in [0.2, 0.25) is 0 Å². The van der Waals surface area contributed by atoms with Gasteiger partial charge in [-0.25, -0.2) is 9.78 Å². The zero-order valence-corrected chi connectivity index (χ0v) is 10.3. The van der Waals surface area contributed by atoms with E-state index in [0.717, 1.165) is 6.33 Å². The summed E-state index contributed by atoms with van der Waals surface area (Å²) >= 11 is 0. The van der Waals surface area contributed by atoms with Crippen molar-refractivity contribution in [1.82, 2.24) is 30.0 Å². The summed E-state index contributed by atoms with van der Waals surface area (Å²) in [7, 11) is 1.75. The molecule has 3 N–H and O–H groups in total. The number of amides is 1. The molecule has 19 heavy (non-hydrogen) atoms. The first-order valence-corrected chi connectivity index (χ1v) is 5.42. The Labute approximate surface area is 107 Å². The first-order chi connectivity index (χ1) is 9.00. The van der Waals surface area contributed by atoms with E-state index in [-0.39, 0.29) is 11.4 Å². The van der Waals surface area contributed by atoms with Crippen molar-refractivity contribution in [3.63, 3.8) is 0 Å². The van der Waals surface area contributed by atoms with Gasteiger partial charge in [-0.2, -0.15) is 0 Å². The van der Waals surface area contributed by atoms with Gasteiger partial charge in [0.05, 0.1) is 12.4 Å². The van der Waals surface area contributed by atoms with Crippen molar-refractivity contribution < 1.29 is 14.7 Å². The van der Waals surface area contributed by atoms with Crippen LogP contribution in [0.1, 0.15) is 39.8 Å². The van der Waals surface area contributed by atoms with Crippen molar-refractivity contribution >= 4 is 11.9 Å². The second-order valence-corrected chi connectivity index (χ2v) is 3.93. The molecule has 1 atom stereocenters. The summed E-state index contributed by atoms with van der Waals surface area (Å²) in [5, 5.41) is 19.1. The van der Waals surface area contributed by atoms with Gasteiger partial charge in [0.25, 0.3) is 5.91 Å². The van der Waals surface area contributed by atoms with Crippen LogP contribution in [-0.4, -0.2) is 41.7 Å². The molecule has 0 aliphatic rings. The quantitative estimate of drug-likeness (QED) is 0.697. The van der Waals surface area contributed by atoms with Crippen molar-refractivity contribution in [3.05, 3.63) is 29.9 Å². The third-order valence-corrected chi connectivity index (χ3v) is 2.55. The molecule has 9 heteroatoms. The first kappa shape index (κ1) is 12.7. The largest absolute Gasteiger partial charge is 0.477 e. The first-order valence-electron chi connectivity index (χ1n) is 5.42. The van der Waals surface area contributed by atoms with Crippen LogP contribution < -0.4 is 5.32 Å². The van der Waals surface area contributed by atoms with Crippen LogP contribution in [0, 0.1) is 0 Å². The number of H-pyrrole nitrogens is 1. The lowest BCUT2D eigenvalue weighted by Crippen LogP contribution is -2.29. The SMILES string of the molecule is CC(NC(=O)c1nc[nH]c1C(=O)O)c1nncn1C. The number of carbonyl (C=O) groups is 2. The van der Waals surface area contributed by atoms with Gasteiger partial charge in [-0.15, -0.1) is 10.2 Å². The number of aromatic amines is 1. The van der Waals surface area contributed by atoms with Crippen LogP contribution >= 0.6 is 0 Å². The maximum absolute atomic E-state index is 11.9. The third-order valence-electron chi connectivity index (χ3n) is 2.55. The Kier molecular flexibility index (Phi) is 3.27. The normalized spacial score (nSPS) is 12.1. The molecular formula is C10H12N6O3. The van der Waals surface area contributed by atoms with Gasteiger partial charge in [-0.1, -0.05) is 0 Å². The highest BCUT2D eigenvalue weighted by atomic mass is 16.4. The molecule has 0 saturated carbocycles. The number of aromatic carboxylic acids is 1. The number of nitrogens with zero attached hydrogens (tertiary/aromatic N) is 4. The molecule has 1 amide bonds. The molecule has 2 aromatic rings. The van der Waals surface area contributed by atoms with E-state index >= 15 is 0 Å². The van der Waals surface area contributed by atoms with Gasteiger partial charge in [0.15, 0.2) is 17.2 Å². The maximum Gasteiger partial charge on any atom is 0.354 e. The Morgan fingerprint density at radius 1 is 1.53 bits per heavy atom. The number of nitrogens with one attached hydrogen (secondary N) is 2. The molecule has 100 valence electrons. The molecule has 0 aliphatic heterocycles. The molecular weight excluding hydrogens is 252 g/mol. The summed E-state index contributed by atoms with van der Waals surface area (Å²) in [5.41, 5.74) is -0.413. The van der Waals surface area contributed by atoms with Crippen molar-refractivity contribution in [2.24, 2.45) is 7.05 Å². The lowest BCUT2D eigenvalue weighted by molar-refractivity contribution is 0.0684. The molecule has 9 nitrogen and oxygen atoms in total. The van der Waals surface area contributed by atoms with Gasteiger partial charge in [0, 0.05) is 7.05 Å². The van der Waals surface area contributed by atoms with Gasteiger partial charge in [0.1, 0.15) is 6.33 Å². The second-order valence-electron chi connectivity index (χ2n) is 3.93. The molecule has 2 heterocycles. The highest BCUT2D eigenvalue weighted by molar-refractivity contribution is 6.02. The van der Waals surface area contributed by atoms with E-state index in [0.29, 0.717) is 5.82 Å². The zero-order valence-electron chi connectivity index (χ0n) is 10.3. The maximum atomic E-state index is 11.9. The standard InChI is InChI=1S/C10H12N6O3/c1-5(8-15-13-4-16(8)2)14-9(17)6-7(10(18)19)12-3-11-6/h3-5H,1-2H3,(H,11,12)(H,14,17)(H,18,19). The molecule has 0 fully saturated rings. The number of carboxylic acid groups (broad SMARTS) is 1. The van der Waals surface area contributed by atoms with Crippen molar-refractivity contribution in [2.75, 3.05) is 0 Å².